The molecular weight excluding hydrogens is 262 g/mol. The lowest BCUT2D eigenvalue weighted by Crippen LogP contribution is -2.32. The predicted octanol–water partition coefficient (Wildman–Crippen LogP) is 2.71. The molecule has 3 nitrogen and oxygen atoms in total. The molecule has 2 aromatic rings. The number of hydrogen-bond donors (Lipinski definition) is 1. The summed E-state index contributed by atoms with van der Waals surface area (Å²) in [6.07, 6.45) is 1.19. The topological polar surface area (TPSA) is 46.2 Å². The summed E-state index contributed by atoms with van der Waals surface area (Å²) in [5.41, 5.74) is 4.41. The third-order valence-electron chi connectivity index (χ3n) is 3.97. The number of rotatable bonds is 3. The molecule has 3 heteroatoms. The summed E-state index contributed by atoms with van der Waals surface area (Å²) in [5, 5.41) is 2.81. The first-order chi connectivity index (χ1) is 10.1. The van der Waals surface area contributed by atoms with Gasteiger partial charge in [0.2, 0.25) is 0 Å². The molecule has 21 heavy (non-hydrogen) atoms. The molecule has 0 radical (unpaired) electrons. The quantitative estimate of drug-likeness (QED) is 0.878. The number of fused-ring (bicyclic) bond motifs is 1. The normalized spacial score (nSPS) is 13.5. The van der Waals surface area contributed by atoms with Gasteiger partial charge >= 0.3 is 0 Å². The van der Waals surface area contributed by atoms with Crippen molar-refractivity contribution < 1.29 is 9.59 Å². The number of aryl methyl sites for hydroxylation is 1. The van der Waals surface area contributed by atoms with Gasteiger partial charge in [0.05, 0.1) is 0 Å². The fraction of sp³-hybridized carbons (Fsp3) is 0.222. The SMILES string of the molecule is Cc1ccccc1CC(=O)c1ccc2c(c1)C(=O)NCC2. The zero-order valence-electron chi connectivity index (χ0n) is 12.0. The molecule has 1 N–H and O–H groups in total. The van der Waals surface area contributed by atoms with Crippen LogP contribution in [0.25, 0.3) is 0 Å². The second-order valence-electron chi connectivity index (χ2n) is 5.40. The van der Waals surface area contributed by atoms with E-state index in [-0.39, 0.29) is 11.7 Å². The van der Waals surface area contributed by atoms with Crippen LogP contribution >= 0.6 is 0 Å². The third-order valence-corrected chi connectivity index (χ3v) is 3.97. The highest BCUT2D eigenvalue weighted by atomic mass is 16.1. The van der Waals surface area contributed by atoms with E-state index in [1.165, 1.54) is 0 Å². The van der Waals surface area contributed by atoms with E-state index in [4.69, 9.17) is 0 Å². The Morgan fingerprint density at radius 2 is 2.00 bits per heavy atom. The monoisotopic (exact) mass is 279 g/mol. The van der Waals surface area contributed by atoms with E-state index in [1.54, 1.807) is 6.07 Å². The summed E-state index contributed by atoms with van der Waals surface area (Å²) in [5.74, 6) is -0.0349. The van der Waals surface area contributed by atoms with E-state index in [2.05, 4.69) is 5.32 Å². The van der Waals surface area contributed by atoms with Crippen molar-refractivity contribution >= 4 is 11.7 Å². The minimum Gasteiger partial charge on any atom is -0.352 e. The summed E-state index contributed by atoms with van der Waals surface area (Å²) >= 11 is 0. The average Bonchev–Trinajstić information content (AvgIpc) is 2.50. The van der Waals surface area contributed by atoms with E-state index in [9.17, 15) is 9.59 Å². The largest absolute Gasteiger partial charge is 0.352 e. The molecule has 2 aromatic carbocycles. The highest BCUT2D eigenvalue weighted by Crippen LogP contribution is 2.18. The Bertz CT molecular complexity index is 719. The molecule has 1 aliphatic heterocycles. The fourth-order valence-electron chi connectivity index (χ4n) is 2.67. The van der Waals surface area contributed by atoms with Crippen LogP contribution < -0.4 is 5.32 Å². The molecule has 0 aliphatic carbocycles. The third kappa shape index (κ3) is 2.72. The van der Waals surface area contributed by atoms with Crippen LogP contribution in [0, 0.1) is 6.92 Å². The molecule has 3 rings (SSSR count). The molecule has 0 bridgehead atoms. The van der Waals surface area contributed by atoms with Crippen molar-refractivity contribution in [3.05, 3.63) is 70.3 Å². The molecule has 0 aromatic heterocycles. The maximum Gasteiger partial charge on any atom is 0.251 e. The lowest BCUT2D eigenvalue weighted by atomic mass is 9.94. The molecule has 1 aliphatic rings. The second kappa shape index (κ2) is 5.52. The summed E-state index contributed by atoms with van der Waals surface area (Å²) in [7, 11) is 0. The number of benzene rings is 2. The van der Waals surface area contributed by atoms with Gasteiger partial charge in [0.15, 0.2) is 5.78 Å². The van der Waals surface area contributed by atoms with Crippen LogP contribution in [-0.2, 0) is 12.8 Å². The van der Waals surface area contributed by atoms with Crippen molar-refractivity contribution in [1.82, 2.24) is 5.32 Å². The van der Waals surface area contributed by atoms with E-state index in [1.807, 2.05) is 43.3 Å². The maximum absolute atomic E-state index is 12.4. The van der Waals surface area contributed by atoms with Gasteiger partial charge in [-0.1, -0.05) is 36.4 Å². The van der Waals surface area contributed by atoms with E-state index >= 15 is 0 Å². The standard InChI is InChI=1S/C18H17NO2/c1-12-4-2-3-5-14(12)11-17(20)15-7-6-13-8-9-19-18(21)16(13)10-15/h2-7,10H,8-9,11H2,1H3,(H,19,21). The summed E-state index contributed by atoms with van der Waals surface area (Å²) < 4.78 is 0. The minimum atomic E-state index is -0.0817. The molecular formula is C18H17NO2. The van der Waals surface area contributed by atoms with Gasteiger partial charge in [-0.15, -0.1) is 0 Å². The number of carbonyl (C=O) groups excluding carboxylic acids is 2. The molecule has 0 unspecified atom stereocenters. The van der Waals surface area contributed by atoms with Gasteiger partial charge in [0.1, 0.15) is 0 Å². The van der Waals surface area contributed by atoms with Crippen molar-refractivity contribution in [2.75, 3.05) is 6.54 Å². The molecule has 1 amide bonds. The Morgan fingerprint density at radius 1 is 1.19 bits per heavy atom. The average molecular weight is 279 g/mol. The summed E-state index contributed by atoms with van der Waals surface area (Å²) in [4.78, 5) is 24.3. The van der Waals surface area contributed by atoms with Gasteiger partial charge in [-0.3, -0.25) is 9.59 Å². The van der Waals surface area contributed by atoms with Gasteiger partial charge in [-0.2, -0.15) is 0 Å². The Morgan fingerprint density at radius 3 is 2.81 bits per heavy atom. The van der Waals surface area contributed by atoms with Crippen LogP contribution in [0.1, 0.15) is 37.4 Å². The van der Waals surface area contributed by atoms with Gasteiger partial charge < -0.3 is 5.32 Å². The summed E-state index contributed by atoms with van der Waals surface area (Å²) in [6.45, 7) is 2.67. The van der Waals surface area contributed by atoms with Crippen LogP contribution in [-0.4, -0.2) is 18.2 Å². The second-order valence-corrected chi connectivity index (χ2v) is 5.40. The number of carbonyl (C=O) groups is 2. The van der Waals surface area contributed by atoms with E-state index in [0.29, 0.717) is 24.1 Å². The lowest BCUT2D eigenvalue weighted by Gasteiger charge is -2.17. The Hall–Kier alpha value is -2.42. The van der Waals surface area contributed by atoms with Gasteiger partial charge in [0.25, 0.3) is 5.91 Å². The van der Waals surface area contributed by atoms with Gasteiger partial charge in [0, 0.05) is 24.1 Å². The van der Waals surface area contributed by atoms with Crippen LogP contribution in [0.15, 0.2) is 42.5 Å². The molecule has 0 spiro atoms. The molecule has 106 valence electrons. The fourth-order valence-corrected chi connectivity index (χ4v) is 2.67. The first-order valence-electron chi connectivity index (χ1n) is 7.14. The van der Waals surface area contributed by atoms with Crippen LogP contribution in [0.2, 0.25) is 0 Å². The highest BCUT2D eigenvalue weighted by molar-refractivity contribution is 6.02. The zero-order chi connectivity index (χ0) is 14.8. The van der Waals surface area contributed by atoms with E-state index in [0.717, 1.165) is 23.1 Å². The number of nitrogens with one attached hydrogen (secondary N) is 1. The van der Waals surface area contributed by atoms with Crippen LogP contribution in [0.5, 0.6) is 0 Å². The zero-order valence-corrected chi connectivity index (χ0v) is 12.0. The Labute approximate surface area is 124 Å². The Balaban J connectivity index is 1.87. The molecule has 0 fully saturated rings. The molecule has 1 heterocycles. The highest BCUT2D eigenvalue weighted by Gasteiger charge is 2.18. The van der Waals surface area contributed by atoms with Crippen molar-refractivity contribution in [2.45, 2.75) is 19.8 Å². The van der Waals surface area contributed by atoms with Crippen molar-refractivity contribution in [1.29, 1.82) is 0 Å². The first kappa shape index (κ1) is 13.6. The maximum atomic E-state index is 12.4. The number of ketones is 1. The molecule has 0 saturated heterocycles. The number of hydrogen-bond acceptors (Lipinski definition) is 2. The van der Waals surface area contributed by atoms with Crippen molar-refractivity contribution in [3.63, 3.8) is 0 Å². The first-order valence-corrected chi connectivity index (χ1v) is 7.14. The summed E-state index contributed by atoms with van der Waals surface area (Å²) in [6, 6.07) is 13.3. The van der Waals surface area contributed by atoms with Crippen LogP contribution in [0.3, 0.4) is 0 Å². The van der Waals surface area contributed by atoms with Gasteiger partial charge in [-0.25, -0.2) is 0 Å². The number of amides is 1. The van der Waals surface area contributed by atoms with Crippen molar-refractivity contribution in [2.24, 2.45) is 0 Å². The van der Waals surface area contributed by atoms with Gasteiger partial charge in [-0.05, 0) is 36.1 Å². The minimum absolute atomic E-state index is 0.0467. The molecule has 0 saturated carbocycles. The Kier molecular flexibility index (Phi) is 3.57. The van der Waals surface area contributed by atoms with E-state index < -0.39 is 0 Å². The predicted molar refractivity (Wildman–Crippen MR) is 81.7 cm³/mol. The smallest absolute Gasteiger partial charge is 0.251 e. The van der Waals surface area contributed by atoms with Crippen LogP contribution in [0.4, 0.5) is 0 Å². The lowest BCUT2D eigenvalue weighted by molar-refractivity contribution is 0.0946. The van der Waals surface area contributed by atoms with Crippen molar-refractivity contribution in [3.8, 4) is 0 Å². The number of Topliss-reactive ketones (excluding diaryl/α,β-unsaturated/α-hetero) is 1. The molecule has 0 atom stereocenters.